The molecular weight excluding hydrogens is 276 g/mol. The van der Waals surface area contributed by atoms with Gasteiger partial charge in [0.15, 0.2) is 15.6 Å². The van der Waals surface area contributed by atoms with Gasteiger partial charge in [-0.15, -0.1) is 0 Å². The minimum atomic E-state index is -3.04. The monoisotopic (exact) mass is 290 g/mol. The lowest BCUT2D eigenvalue weighted by atomic mass is 10.00. The second-order valence-corrected chi connectivity index (χ2v) is 7.20. The van der Waals surface area contributed by atoms with Crippen molar-refractivity contribution < 1.29 is 13.2 Å². The molecule has 0 amide bonds. The highest BCUT2D eigenvalue weighted by molar-refractivity contribution is 7.91. The molecule has 0 spiro atoms. The Labute approximate surface area is 117 Å². The molecule has 0 bridgehead atoms. The van der Waals surface area contributed by atoms with Crippen LogP contribution < -0.4 is 0 Å². The van der Waals surface area contributed by atoms with Gasteiger partial charge >= 0.3 is 0 Å². The van der Waals surface area contributed by atoms with Crippen LogP contribution in [0.5, 0.6) is 0 Å². The summed E-state index contributed by atoms with van der Waals surface area (Å²) in [6.45, 7) is 0. The predicted octanol–water partition coefficient (Wildman–Crippen LogP) is 1.49. The summed E-state index contributed by atoms with van der Waals surface area (Å²) in [5, 5.41) is 4.16. The molecular formula is C14H14N2O3S. The topological polar surface area (TPSA) is 69.0 Å². The average Bonchev–Trinajstić information content (AvgIpc) is 3.05. The molecule has 0 aliphatic carbocycles. The highest BCUT2D eigenvalue weighted by atomic mass is 32.2. The maximum Gasteiger partial charge on any atom is 0.170 e. The molecule has 1 aliphatic heterocycles. The van der Waals surface area contributed by atoms with Crippen LogP contribution in [0.25, 0.3) is 5.69 Å². The van der Waals surface area contributed by atoms with Crippen LogP contribution in [0, 0.1) is 5.92 Å². The van der Waals surface area contributed by atoms with E-state index in [2.05, 4.69) is 5.10 Å². The van der Waals surface area contributed by atoms with E-state index in [1.54, 1.807) is 10.9 Å². The molecule has 0 radical (unpaired) electrons. The Morgan fingerprint density at radius 3 is 2.65 bits per heavy atom. The molecule has 1 aliphatic rings. The number of ketones is 1. The van der Waals surface area contributed by atoms with Crippen LogP contribution >= 0.6 is 0 Å². The van der Waals surface area contributed by atoms with Crippen LogP contribution in [0.15, 0.2) is 42.7 Å². The maximum absolute atomic E-state index is 12.3. The van der Waals surface area contributed by atoms with Gasteiger partial charge in [-0.1, -0.05) is 18.2 Å². The van der Waals surface area contributed by atoms with Gasteiger partial charge in [0.2, 0.25) is 0 Å². The lowest BCUT2D eigenvalue weighted by Gasteiger charge is -2.03. The third-order valence-corrected chi connectivity index (χ3v) is 5.26. The summed E-state index contributed by atoms with van der Waals surface area (Å²) in [5.41, 5.74) is 1.33. The molecule has 5 nitrogen and oxygen atoms in total. The first kappa shape index (κ1) is 13.1. The van der Waals surface area contributed by atoms with Gasteiger partial charge in [0.25, 0.3) is 0 Å². The van der Waals surface area contributed by atoms with Crippen molar-refractivity contribution in [2.75, 3.05) is 11.5 Å². The Morgan fingerprint density at radius 2 is 2.00 bits per heavy atom. The van der Waals surface area contributed by atoms with Crippen LogP contribution in [-0.4, -0.2) is 35.5 Å². The van der Waals surface area contributed by atoms with Crippen LogP contribution in [0.3, 0.4) is 0 Å². The quantitative estimate of drug-likeness (QED) is 0.803. The van der Waals surface area contributed by atoms with E-state index in [1.807, 2.05) is 30.3 Å². The zero-order valence-corrected chi connectivity index (χ0v) is 11.6. The van der Waals surface area contributed by atoms with E-state index in [-0.39, 0.29) is 17.3 Å². The first-order chi connectivity index (χ1) is 9.55. The first-order valence-electron chi connectivity index (χ1n) is 6.40. The van der Waals surface area contributed by atoms with Crippen molar-refractivity contribution in [2.45, 2.75) is 6.42 Å². The molecule has 2 aromatic rings. The predicted molar refractivity (Wildman–Crippen MR) is 74.7 cm³/mol. The Balaban J connectivity index is 1.82. The summed E-state index contributed by atoms with van der Waals surface area (Å²) in [5.74, 6) is -0.486. The number of carbonyl (C=O) groups excluding carboxylic acids is 1. The lowest BCUT2D eigenvalue weighted by molar-refractivity contribution is 0.0933. The largest absolute Gasteiger partial charge is 0.294 e. The smallest absolute Gasteiger partial charge is 0.170 e. The first-order valence-corrected chi connectivity index (χ1v) is 8.22. The van der Waals surface area contributed by atoms with Gasteiger partial charge in [-0.2, -0.15) is 5.10 Å². The zero-order valence-electron chi connectivity index (χ0n) is 10.8. The number of Topliss-reactive ketones (excluding diaryl/α,β-unsaturated/α-hetero) is 1. The Kier molecular flexibility index (Phi) is 3.17. The van der Waals surface area contributed by atoms with Crippen molar-refractivity contribution in [3.05, 3.63) is 48.3 Å². The molecule has 1 saturated heterocycles. The number of carbonyl (C=O) groups is 1. The van der Waals surface area contributed by atoms with Crippen LogP contribution in [0.4, 0.5) is 0 Å². The third kappa shape index (κ3) is 2.51. The van der Waals surface area contributed by atoms with E-state index in [9.17, 15) is 13.2 Å². The van der Waals surface area contributed by atoms with Gasteiger partial charge in [0.1, 0.15) is 0 Å². The highest BCUT2D eigenvalue weighted by Crippen LogP contribution is 2.22. The van der Waals surface area contributed by atoms with Crippen molar-refractivity contribution in [1.29, 1.82) is 0 Å². The van der Waals surface area contributed by atoms with Gasteiger partial charge in [0, 0.05) is 12.1 Å². The number of nitrogens with zero attached hydrogens (tertiary/aromatic N) is 2. The van der Waals surface area contributed by atoms with Crippen molar-refractivity contribution in [3.8, 4) is 5.69 Å². The second kappa shape index (κ2) is 4.86. The molecule has 0 N–H and O–H groups in total. The maximum atomic E-state index is 12.3. The Morgan fingerprint density at radius 1 is 1.25 bits per heavy atom. The standard InChI is InChI=1S/C14H14N2O3S/c17-14(11-6-7-20(18,19)10-11)12-8-15-16(9-12)13-4-2-1-3-5-13/h1-5,8-9,11H,6-7,10H2. The minimum absolute atomic E-state index is 0.0393. The molecule has 1 fully saturated rings. The van der Waals surface area contributed by atoms with E-state index in [1.165, 1.54) is 6.20 Å². The number of hydrogen-bond acceptors (Lipinski definition) is 4. The van der Waals surface area contributed by atoms with Gasteiger partial charge in [-0.3, -0.25) is 4.79 Å². The van der Waals surface area contributed by atoms with Gasteiger partial charge in [-0.25, -0.2) is 13.1 Å². The summed E-state index contributed by atoms with van der Waals surface area (Å²) in [7, 11) is -3.04. The fraction of sp³-hybridized carbons (Fsp3) is 0.286. The fourth-order valence-corrected chi connectivity index (χ4v) is 4.15. The van der Waals surface area contributed by atoms with Crippen LogP contribution in [0.2, 0.25) is 0 Å². The van der Waals surface area contributed by atoms with Crippen molar-refractivity contribution >= 4 is 15.6 Å². The third-order valence-electron chi connectivity index (χ3n) is 3.49. The molecule has 2 heterocycles. The SMILES string of the molecule is O=C(c1cnn(-c2ccccc2)c1)C1CCS(=O)(=O)C1. The van der Waals surface area contributed by atoms with Crippen LogP contribution in [-0.2, 0) is 9.84 Å². The average molecular weight is 290 g/mol. The van der Waals surface area contributed by atoms with E-state index in [4.69, 9.17) is 0 Å². The molecule has 20 heavy (non-hydrogen) atoms. The summed E-state index contributed by atoms with van der Waals surface area (Å²) in [6.07, 6.45) is 3.57. The molecule has 104 valence electrons. The molecule has 0 saturated carbocycles. The minimum Gasteiger partial charge on any atom is -0.294 e. The van der Waals surface area contributed by atoms with Crippen molar-refractivity contribution in [1.82, 2.24) is 9.78 Å². The zero-order chi connectivity index (χ0) is 14.2. The molecule has 6 heteroatoms. The molecule has 1 aromatic heterocycles. The summed E-state index contributed by atoms with van der Waals surface area (Å²) >= 11 is 0. The number of aromatic nitrogens is 2. The van der Waals surface area contributed by atoms with Gasteiger partial charge in [0.05, 0.1) is 29.0 Å². The second-order valence-electron chi connectivity index (χ2n) is 4.97. The van der Waals surface area contributed by atoms with E-state index in [0.29, 0.717) is 12.0 Å². The van der Waals surface area contributed by atoms with E-state index < -0.39 is 15.8 Å². The number of rotatable bonds is 3. The molecule has 1 atom stereocenters. The highest BCUT2D eigenvalue weighted by Gasteiger charge is 2.33. The van der Waals surface area contributed by atoms with Gasteiger partial charge in [-0.05, 0) is 18.6 Å². The number of benzene rings is 1. The Bertz CT molecular complexity index is 735. The Hall–Kier alpha value is -1.95. The molecule has 1 unspecified atom stereocenters. The number of para-hydroxylation sites is 1. The summed E-state index contributed by atoms with van der Waals surface area (Å²) < 4.78 is 24.5. The summed E-state index contributed by atoms with van der Waals surface area (Å²) in [6, 6.07) is 9.47. The van der Waals surface area contributed by atoms with E-state index >= 15 is 0 Å². The molecule has 1 aromatic carbocycles. The fourth-order valence-electron chi connectivity index (χ4n) is 2.41. The van der Waals surface area contributed by atoms with Crippen LogP contribution in [0.1, 0.15) is 16.8 Å². The van der Waals surface area contributed by atoms with E-state index in [0.717, 1.165) is 5.69 Å². The number of hydrogen-bond donors (Lipinski definition) is 0. The van der Waals surface area contributed by atoms with Crippen molar-refractivity contribution in [2.24, 2.45) is 5.92 Å². The van der Waals surface area contributed by atoms with Crippen molar-refractivity contribution in [3.63, 3.8) is 0 Å². The lowest BCUT2D eigenvalue weighted by Crippen LogP contribution is -2.15. The molecule has 3 rings (SSSR count). The normalized spacial score (nSPS) is 20.9. The number of sulfone groups is 1. The summed E-state index contributed by atoms with van der Waals surface area (Å²) in [4.78, 5) is 12.3. The van der Waals surface area contributed by atoms with Gasteiger partial charge < -0.3 is 0 Å².